The summed E-state index contributed by atoms with van der Waals surface area (Å²) in [5.41, 5.74) is -1.08. The highest BCUT2D eigenvalue weighted by molar-refractivity contribution is 7.54. The van der Waals surface area contributed by atoms with Crippen molar-refractivity contribution in [2.45, 2.75) is 79.7 Å². The van der Waals surface area contributed by atoms with E-state index in [-0.39, 0.29) is 13.2 Å². The lowest BCUT2D eigenvalue weighted by molar-refractivity contribution is -0.255. The van der Waals surface area contributed by atoms with E-state index < -0.39 is 35.7 Å². The second-order valence-electron chi connectivity index (χ2n) is 7.66. The molecule has 0 rings (SSSR count). The molecule has 0 bridgehead atoms. The van der Waals surface area contributed by atoms with Gasteiger partial charge in [0, 0.05) is 5.54 Å². The van der Waals surface area contributed by atoms with Gasteiger partial charge < -0.3 is 9.05 Å². The van der Waals surface area contributed by atoms with Crippen molar-refractivity contribution in [3.05, 3.63) is 0 Å². The van der Waals surface area contributed by atoms with E-state index >= 15 is 0 Å². The first kappa shape index (κ1) is 24.0. The minimum atomic E-state index is -3.54. The molecule has 0 aromatic heterocycles. The van der Waals surface area contributed by atoms with Crippen molar-refractivity contribution in [2.24, 2.45) is 5.41 Å². The topological polar surface area (TPSA) is 65.1 Å². The third-order valence-electron chi connectivity index (χ3n) is 3.17. The van der Waals surface area contributed by atoms with E-state index in [1.165, 1.54) is 0 Å². The van der Waals surface area contributed by atoms with Crippen LogP contribution in [0.1, 0.15) is 62.3 Å². The van der Waals surface area contributed by atoms with E-state index in [4.69, 9.17) is 25.5 Å². The molecule has 0 aliphatic carbocycles. The molecule has 0 spiro atoms. The van der Waals surface area contributed by atoms with Gasteiger partial charge in [0.1, 0.15) is 5.78 Å². The highest BCUT2D eigenvalue weighted by atomic mass is 35.5. The average molecular weight is 386 g/mol. The molecule has 2 unspecified atom stereocenters. The molecule has 0 aromatic carbocycles. The van der Waals surface area contributed by atoms with Crippen molar-refractivity contribution in [1.29, 1.82) is 0 Å². The number of carbonyl (C=O) groups excluding carboxylic acids is 1. The first-order valence-corrected chi connectivity index (χ1v) is 10.2. The van der Waals surface area contributed by atoms with Gasteiger partial charge in [-0.3, -0.25) is 14.2 Å². The molecule has 0 fully saturated rings. The van der Waals surface area contributed by atoms with Crippen LogP contribution in [0.3, 0.4) is 0 Å². The van der Waals surface area contributed by atoms with Crippen molar-refractivity contribution in [3.8, 4) is 0 Å². The van der Waals surface area contributed by atoms with Crippen molar-refractivity contribution in [2.75, 3.05) is 13.2 Å². The van der Waals surface area contributed by atoms with Gasteiger partial charge in [-0.25, -0.2) is 0 Å². The molecule has 24 heavy (non-hydrogen) atoms. The Morgan fingerprint density at radius 1 is 1.08 bits per heavy atom. The van der Waals surface area contributed by atoms with E-state index in [2.05, 4.69) is 0 Å². The second kappa shape index (κ2) is 9.11. The molecular weight excluding hydrogens is 353 g/mol. The lowest BCUT2D eigenvalue weighted by Crippen LogP contribution is -2.54. The lowest BCUT2D eigenvalue weighted by Gasteiger charge is -2.47. The van der Waals surface area contributed by atoms with Gasteiger partial charge in [-0.05, 0) is 58.6 Å². The standard InChI is InChI=1S/C16H33ClNO5P/c1-10-21-24(20,22-11-2)14(15(4,5)6)18(16(7,8)9)23-12(3)13(17)19/h12,14H,10-11H2,1-9H3. The van der Waals surface area contributed by atoms with Crippen LogP contribution in [-0.2, 0) is 23.2 Å². The molecule has 0 amide bonds. The quantitative estimate of drug-likeness (QED) is 0.322. The molecule has 8 heteroatoms. The highest BCUT2D eigenvalue weighted by Crippen LogP contribution is 2.60. The van der Waals surface area contributed by atoms with Gasteiger partial charge in [-0.1, -0.05) is 20.8 Å². The maximum Gasteiger partial charge on any atom is 0.350 e. The second-order valence-corrected chi connectivity index (χ2v) is 10.1. The van der Waals surface area contributed by atoms with Gasteiger partial charge in [0.05, 0.1) is 13.2 Å². The van der Waals surface area contributed by atoms with Crippen LogP contribution >= 0.6 is 19.2 Å². The third kappa shape index (κ3) is 6.74. The highest BCUT2D eigenvalue weighted by Gasteiger charge is 2.51. The van der Waals surface area contributed by atoms with E-state index in [1.807, 2.05) is 41.5 Å². The Hall–Kier alpha value is 0.0300. The van der Waals surface area contributed by atoms with Crippen molar-refractivity contribution >= 4 is 24.4 Å². The van der Waals surface area contributed by atoms with Crippen molar-refractivity contribution < 1.29 is 23.2 Å². The lowest BCUT2D eigenvalue weighted by atomic mass is 9.94. The monoisotopic (exact) mass is 385 g/mol. The van der Waals surface area contributed by atoms with Crippen LogP contribution in [0, 0.1) is 5.41 Å². The van der Waals surface area contributed by atoms with E-state index in [0.29, 0.717) is 0 Å². The fourth-order valence-electron chi connectivity index (χ4n) is 2.29. The summed E-state index contributed by atoms with van der Waals surface area (Å²) in [7, 11) is -3.54. The van der Waals surface area contributed by atoms with Gasteiger partial charge in [-0.2, -0.15) is 5.06 Å². The zero-order valence-electron chi connectivity index (χ0n) is 16.4. The van der Waals surface area contributed by atoms with E-state index in [1.54, 1.807) is 25.8 Å². The summed E-state index contributed by atoms with van der Waals surface area (Å²) < 4.78 is 24.7. The molecule has 0 radical (unpaired) electrons. The van der Waals surface area contributed by atoms with Crippen LogP contribution in [0.5, 0.6) is 0 Å². The molecule has 6 nitrogen and oxygen atoms in total. The van der Waals surface area contributed by atoms with Gasteiger partial charge in [-0.15, -0.1) is 0 Å². The molecule has 0 N–H and O–H groups in total. The van der Waals surface area contributed by atoms with E-state index in [9.17, 15) is 9.36 Å². The molecule has 0 saturated carbocycles. The summed E-state index contributed by atoms with van der Waals surface area (Å²) in [6, 6.07) is 0. The minimum Gasteiger partial charge on any atom is -0.308 e. The predicted molar refractivity (Wildman–Crippen MR) is 97.1 cm³/mol. The molecule has 0 saturated heterocycles. The van der Waals surface area contributed by atoms with Gasteiger partial charge in [0.2, 0.25) is 0 Å². The number of hydrogen-bond donors (Lipinski definition) is 0. The molecule has 0 aromatic rings. The largest absolute Gasteiger partial charge is 0.350 e. The Morgan fingerprint density at radius 2 is 1.50 bits per heavy atom. The Balaban J connectivity index is 6.13. The van der Waals surface area contributed by atoms with Gasteiger partial charge in [0.25, 0.3) is 5.24 Å². The normalized spacial score (nSPS) is 16.3. The molecule has 144 valence electrons. The Labute approximate surface area is 151 Å². The number of rotatable bonds is 9. The summed E-state index contributed by atoms with van der Waals surface area (Å²) >= 11 is 5.56. The van der Waals surface area contributed by atoms with Crippen molar-refractivity contribution in [1.82, 2.24) is 5.06 Å². The molecule has 0 heterocycles. The fourth-order valence-corrected chi connectivity index (χ4v) is 5.01. The van der Waals surface area contributed by atoms with Crippen molar-refractivity contribution in [3.63, 3.8) is 0 Å². The SMILES string of the molecule is CCOP(=O)(OCC)C(N(OC(C)C(=O)Cl)C(C)(C)C)C(C)(C)C. The smallest absolute Gasteiger partial charge is 0.308 e. The molecular formula is C16H33ClNO5P. The maximum absolute atomic E-state index is 13.5. The summed E-state index contributed by atoms with van der Waals surface area (Å²) in [6.07, 6.45) is -0.882. The van der Waals surface area contributed by atoms with Crippen LogP contribution in [0.15, 0.2) is 0 Å². The molecule has 0 aliphatic heterocycles. The average Bonchev–Trinajstić information content (AvgIpc) is 2.35. The van der Waals surface area contributed by atoms with E-state index in [0.717, 1.165) is 0 Å². The summed E-state index contributed by atoms with van der Waals surface area (Å²) in [6.45, 7) is 17.1. The Morgan fingerprint density at radius 3 is 1.75 bits per heavy atom. The van der Waals surface area contributed by atoms with Crippen LogP contribution in [-0.4, -0.2) is 40.9 Å². The number of hydrogen-bond acceptors (Lipinski definition) is 6. The Kier molecular flexibility index (Phi) is 9.12. The zero-order valence-corrected chi connectivity index (χ0v) is 18.0. The first-order chi connectivity index (χ1) is 10.7. The number of hydroxylamine groups is 2. The molecule has 0 aliphatic rings. The number of carbonyl (C=O) groups is 1. The Bertz CT molecular complexity index is 448. The summed E-state index contributed by atoms with van der Waals surface area (Å²) in [5.74, 6) is -0.719. The fraction of sp³-hybridized carbons (Fsp3) is 0.938. The van der Waals surface area contributed by atoms with Crippen LogP contribution < -0.4 is 0 Å². The molecule has 2 atom stereocenters. The summed E-state index contributed by atoms with van der Waals surface area (Å²) in [4.78, 5) is 17.3. The maximum atomic E-state index is 13.5. The zero-order chi connectivity index (χ0) is 19.3. The van der Waals surface area contributed by atoms with Gasteiger partial charge in [0.15, 0.2) is 6.10 Å². The predicted octanol–water partition coefficient (Wildman–Crippen LogP) is 4.81. The van der Waals surface area contributed by atoms with Crippen LogP contribution in [0.25, 0.3) is 0 Å². The first-order valence-electron chi connectivity index (χ1n) is 8.25. The summed E-state index contributed by atoms with van der Waals surface area (Å²) in [5, 5.41) is 0.920. The minimum absolute atomic E-state index is 0.242. The number of nitrogens with zero attached hydrogens (tertiary/aromatic N) is 1. The van der Waals surface area contributed by atoms with Crippen LogP contribution in [0.2, 0.25) is 0 Å². The third-order valence-corrected chi connectivity index (χ3v) is 6.29. The number of halogens is 1. The van der Waals surface area contributed by atoms with Gasteiger partial charge >= 0.3 is 7.60 Å². The van der Waals surface area contributed by atoms with Crippen LogP contribution in [0.4, 0.5) is 0 Å².